The smallest absolute Gasteiger partial charge is 0.478 e. The molecule has 0 unspecified atom stereocenters. The van der Waals surface area contributed by atoms with Crippen molar-refractivity contribution < 1.29 is 28.7 Å². The van der Waals surface area contributed by atoms with Crippen LogP contribution >= 0.6 is 11.3 Å². The lowest BCUT2D eigenvalue weighted by atomic mass is 9.77. The van der Waals surface area contributed by atoms with E-state index in [1.807, 2.05) is 27.7 Å². The number of hydrogen-bond donors (Lipinski definition) is 2. The Bertz CT molecular complexity index is 762. The SMILES string of the molecule is CC(C)(C)OC(=O)NCC(=Cc1cscc1C(=O)O)B1OC(C)(C)C(C)(C)O1. The van der Waals surface area contributed by atoms with Crippen LogP contribution in [0.3, 0.4) is 0 Å². The molecule has 1 aliphatic heterocycles. The van der Waals surface area contributed by atoms with Crippen molar-refractivity contribution in [1.29, 1.82) is 0 Å². The van der Waals surface area contributed by atoms with Gasteiger partial charge in [-0.1, -0.05) is 6.08 Å². The Morgan fingerprint density at radius 1 is 1.21 bits per heavy atom. The van der Waals surface area contributed by atoms with Crippen LogP contribution in [0.5, 0.6) is 0 Å². The Balaban J connectivity index is 2.29. The zero-order valence-electron chi connectivity index (χ0n) is 17.4. The fraction of sp³-hybridized carbons (Fsp3) is 0.579. The Morgan fingerprint density at radius 3 is 2.29 bits per heavy atom. The van der Waals surface area contributed by atoms with Gasteiger partial charge in [-0.2, -0.15) is 11.3 Å². The molecule has 2 heterocycles. The molecule has 0 atom stereocenters. The van der Waals surface area contributed by atoms with E-state index in [-0.39, 0.29) is 12.1 Å². The zero-order valence-corrected chi connectivity index (χ0v) is 18.2. The summed E-state index contributed by atoms with van der Waals surface area (Å²) in [5.74, 6) is -1.01. The van der Waals surface area contributed by atoms with Gasteiger partial charge >= 0.3 is 19.2 Å². The maximum atomic E-state index is 12.1. The Hall–Kier alpha value is -1.84. The van der Waals surface area contributed by atoms with E-state index in [4.69, 9.17) is 14.0 Å². The first-order valence-electron chi connectivity index (χ1n) is 9.04. The van der Waals surface area contributed by atoms with Crippen molar-refractivity contribution in [2.75, 3.05) is 6.54 Å². The average molecular weight is 409 g/mol. The molecule has 0 radical (unpaired) electrons. The van der Waals surface area contributed by atoms with Gasteiger partial charge in [-0.25, -0.2) is 9.59 Å². The number of thiophene rings is 1. The molecule has 154 valence electrons. The van der Waals surface area contributed by atoms with Crippen molar-refractivity contribution in [3.05, 3.63) is 27.4 Å². The molecular weight excluding hydrogens is 381 g/mol. The minimum absolute atomic E-state index is 0.0979. The first-order valence-corrected chi connectivity index (χ1v) is 9.98. The maximum Gasteiger partial charge on any atom is 0.492 e. The average Bonchev–Trinajstić information content (AvgIpc) is 3.04. The number of ether oxygens (including phenoxy) is 1. The van der Waals surface area contributed by atoms with Crippen LogP contribution in [-0.4, -0.2) is 47.6 Å². The van der Waals surface area contributed by atoms with Gasteiger partial charge in [-0.3, -0.25) is 0 Å². The van der Waals surface area contributed by atoms with Gasteiger partial charge in [0.25, 0.3) is 0 Å². The van der Waals surface area contributed by atoms with Gasteiger partial charge in [-0.05, 0) is 64.9 Å². The molecule has 7 nitrogen and oxygen atoms in total. The van der Waals surface area contributed by atoms with Crippen molar-refractivity contribution in [2.45, 2.75) is 65.3 Å². The van der Waals surface area contributed by atoms with E-state index in [1.165, 1.54) is 11.3 Å². The van der Waals surface area contributed by atoms with E-state index < -0.39 is 36.0 Å². The van der Waals surface area contributed by atoms with Crippen LogP contribution in [0, 0.1) is 0 Å². The number of carboxylic acids is 1. The van der Waals surface area contributed by atoms with Gasteiger partial charge in [0.15, 0.2) is 0 Å². The second kappa shape index (κ2) is 7.89. The molecule has 0 bridgehead atoms. The molecule has 2 rings (SSSR count). The lowest BCUT2D eigenvalue weighted by molar-refractivity contribution is 0.00578. The molecule has 28 heavy (non-hydrogen) atoms. The summed E-state index contributed by atoms with van der Waals surface area (Å²) in [5, 5.41) is 15.4. The third kappa shape index (κ3) is 5.36. The summed E-state index contributed by atoms with van der Waals surface area (Å²) in [6, 6.07) is 0. The molecular formula is C19H28BNO6S. The van der Waals surface area contributed by atoms with Crippen LogP contribution < -0.4 is 5.32 Å². The summed E-state index contributed by atoms with van der Waals surface area (Å²) in [6.45, 7) is 13.2. The second-order valence-electron chi connectivity index (χ2n) is 8.71. The Labute approximate surface area is 170 Å². The van der Waals surface area contributed by atoms with Crippen LogP contribution in [-0.2, 0) is 14.0 Å². The highest BCUT2D eigenvalue weighted by molar-refractivity contribution is 7.08. The first-order chi connectivity index (χ1) is 12.7. The number of aromatic carboxylic acids is 1. The molecule has 1 fully saturated rings. The predicted octanol–water partition coefficient (Wildman–Crippen LogP) is 3.99. The number of carbonyl (C=O) groups is 2. The molecule has 1 amide bonds. The fourth-order valence-electron chi connectivity index (χ4n) is 2.48. The molecule has 0 saturated carbocycles. The lowest BCUT2D eigenvalue weighted by Crippen LogP contribution is -2.41. The molecule has 1 aromatic heterocycles. The number of amides is 1. The monoisotopic (exact) mass is 409 g/mol. The topological polar surface area (TPSA) is 94.1 Å². The molecule has 1 saturated heterocycles. The lowest BCUT2D eigenvalue weighted by Gasteiger charge is -2.32. The maximum absolute atomic E-state index is 12.1. The largest absolute Gasteiger partial charge is 0.492 e. The number of rotatable bonds is 5. The highest BCUT2D eigenvalue weighted by atomic mass is 32.1. The van der Waals surface area contributed by atoms with Crippen molar-refractivity contribution in [3.8, 4) is 0 Å². The van der Waals surface area contributed by atoms with Gasteiger partial charge in [0.05, 0.1) is 16.8 Å². The van der Waals surface area contributed by atoms with E-state index in [0.717, 1.165) is 0 Å². The number of alkyl carbamates (subject to hydrolysis) is 1. The van der Waals surface area contributed by atoms with Gasteiger partial charge in [0.1, 0.15) is 5.60 Å². The van der Waals surface area contributed by atoms with Crippen LogP contribution in [0.1, 0.15) is 64.4 Å². The normalized spacial score (nSPS) is 18.8. The number of nitrogens with one attached hydrogen (secondary N) is 1. The van der Waals surface area contributed by atoms with E-state index in [1.54, 1.807) is 37.6 Å². The van der Waals surface area contributed by atoms with Crippen LogP contribution in [0.4, 0.5) is 4.79 Å². The van der Waals surface area contributed by atoms with Gasteiger partial charge in [0.2, 0.25) is 0 Å². The molecule has 0 spiro atoms. The van der Waals surface area contributed by atoms with Crippen molar-refractivity contribution in [1.82, 2.24) is 5.32 Å². The van der Waals surface area contributed by atoms with E-state index in [0.29, 0.717) is 11.0 Å². The van der Waals surface area contributed by atoms with Crippen LogP contribution in [0.25, 0.3) is 6.08 Å². The third-order valence-electron chi connectivity index (χ3n) is 4.65. The van der Waals surface area contributed by atoms with E-state index in [2.05, 4.69) is 5.32 Å². The highest BCUT2D eigenvalue weighted by Gasteiger charge is 2.52. The predicted molar refractivity (Wildman–Crippen MR) is 110 cm³/mol. The number of hydrogen-bond acceptors (Lipinski definition) is 6. The minimum atomic E-state index is -1.01. The summed E-state index contributed by atoms with van der Waals surface area (Å²) in [6.07, 6.45) is 1.12. The molecule has 0 aliphatic carbocycles. The van der Waals surface area contributed by atoms with Crippen LogP contribution in [0.15, 0.2) is 16.2 Å². The Kier molecular flexibility index (Phi) is 6.32. The van der Waals surface area contributed by atoms with E-state index >= 15 is 0 Å². The summed E-state index contributed by atoms with van der Waals surface area (Å²) < 4.78 is 17.4. The van der Waals surface area contributed by atoms with Crippen molar-refractivity contribution in [2.24, 2.45) is 0 Å². The van der Waals surface area contributed by atoms with Gasteiger partial charge < -0.3 is 24.5 Å². The molecule has 1 aliphatic rings. The van der Waals surface area contributed by atoms with Gasteiger partial charge in [-0.15, -0.1) is 0 Å². The molecule has 2 N–H and O–H groups in total. The molecule has 0 aromatic carbocycles. The number of carbonyl (C=O) groups excluding carboxylic acids is 1. The molecule has 9 heteroatoms. The summed E-state index contributed by atoms with van der Waals surface area (Å²) in [4.78, 5) is 23.5. The van der Waals surface area contributed by atoms with Crippen molar-refractivity contribution >= 4 is 36.6 Å². The zero-order chi connectivity index (χ0) is 21.3. The first kappa shape index (κ1) is 22.5. The minimum Gasteiger partial charge on any atom is -0.478 e. The summed E-state index contributed by atoms with van der Waals surface area (Å²) in [5.41, 5.74) is -0.419. The second-order valence-corrected chi connectivity index (χ2v) is 9.45. The van der Waals surface area contributed by atoms with Gasteiger partial charge in [0, 0.05) is 11.9 Å². The fourth-order valence-corrected chi connectivity index (χ4v) is 3.26. The quantitative estimate of drug-likeness (QED) is 0.715. The standard InChI is InChI=1S/C19H28BNO6S/c1-17(2,3)25-16(24)21-9-13(8-12-10-28-11-14(12)15(22)23)20-26-18(4,5)19(6,7)27-20/h8,10-11H,9H2,1-7H3,(H,21,24)(H,22,23). The summed E-state index contributed by atoms with van der Waals surface area (Å²) in [7, 11) is -0.721. The highest BCUT2D eigenvalue weighted by Crippen LogP contribution is 2.39. The molecule has 1 aromatic rings. The van der Waals surface area contributed by atoms with Crippen molar-refractivity contribution in [3.63, 3.8) is 0 Å². The van der Waals surface area contributed by atoms with E-state index in [9.17, 15) is 14.7 Å². The summed E-state index contributed by atoms with van der Waals surface area (Å²) >= 11 is 1.29. The third-order valence-corrected chi connectivity index (χ3v) is 5.42. The number of carboxylic acid groups (broad SMARTS) is 1. The van der Waals surface area contributed by atoms with Crippen LogP contribution in [0.2, 0.25) is 0 Å². The Morgan fingerprint density at radius 2 is 1.79 bits per heavy atom.